The zero-order chi connectivity index (χ0) is 18.4. The fourth-order valence-corrected chi connectivity index (χ4v) is 2.34. The summed E-state index contributed by atoms with van der Waals surface area (Å²) in [6.07, 6.45) is 4.51. The third kappa shape index (κ3) is 4.48. The Balaban J connectivity index is 1.60. The predicted octanol–water partition coefficient (Wildman–Crippen LogP) is 4.49. The van der Waals surface area contributed by atoms with Crippen LogP contribution in [-0.4, -0.2) is 11.8 Å². The van der Waals surface area contributed by atoms with Gasteiger partial charge in [-0.25, -0.2) is 0 Å². The van der Waals surface area contributed by atoms with Crippen LogP contribution in [0.5, 0.6) is 0 Å². The average molecular weight is 346 g/mol. The molecule has 3 rings (SSSR count). The monoisotopic (exact) mass is 346 g/mol. The zero-order valence-corrected chi connectivity index (χ0v) is 14.2. The number of nitrogens with one attached hydrogen (secondary N) is 2. The van der Waals surface area contributed by atoms with E-state index in [1.54, 1.807) is 42.5 Å². The largest absolute Gasteiger partial charge is 0.465 e. The SMILES string of the molecule is Cc1ccccc1NC(=O)c1ccc(NC(=O)C=Cc2ccco2)cc1. The van der Waals surface area contributed by atoms with E-state index in [0.717, 1.165) is 11.3 Å². The molecule has 0 atom stereocenters. The Morgan fingerprint density at radius 3 is 2.38 bits per heavy atom. The fraction of sp³-hybridized carbons (Fsp3) is 0.0476. The van der Waals surface area contributed by atoms with E-state index in [-0.39, 0.29) is 11.8 Å². The highest BCUT2D eigenvalue weighted by molar-refractivity contribution is 6.05. The Kier molecular flexibility index (Phi) is 5.29. The summed E-state index contributed by atoms with van der Waals surface area (Å²) < 4.78 is 5.12. The molecule has 0 bridgehead atoms. The highest BCUT2D eigenvalue weighted by Gasteiger charge is 2.08. The minimum absolute atomic E-state index is 0.199. The van der Waals surface area contributed by atoms with Gasteiger partial charge in [0.15, 0.2) is 0 Å². The van der Waals surface area contributed by atoms with Gasteiger partial charge in [-0.2, -0.15) is 0 Å². The first-order chi connectivity index (χ1) is 12.6. The lowest BCUT2D eigenvalue weighted by molar-refractivity contribution is -0.111. The molecule has 3 aromatic rings. The van der Waals surface area contributed by atoms with Crippen molar-refractivity contribution in [2.75, 3.05) is 10.6 Å². The molecule has 1 aromatic heterocycles. The molecule has 0 radical (unpaired) electrons. The Bertz CT molecular complexity index is 926. The van der Waals surface area contributed by atoms with Gasteiger partial charge in [-0.1, -0.05) is 18.2 Å². The summed E-state index contributed by atoms with van der Waals surface area (Å²) in [4.78, 5) is 24.2. The molecule has 2 amide bonds. The zero-order valence-electron chi connectivity index (χ0n) is 14.2. The lowest BCUT2D eigenvalue weighted by Crippen LogP contribution is -2.13. The maximum absolute atomic E-state index is 12.3. The molecule has 0 aliphatic rings. The fourth-order valence-electron chi connectivity index (χ4n) is 2.34. The maximum Gasteiger partial charge on any atom is 0.255 e. The van der Waals surface area contributed by atoms with Crippen LogP contribution >= 0.6 is 0 Å². The van der Waals surface area contributed by atoms with E-state index in [4.69, 9.17) is 4.42 Å². The van der Waals surface area contributed by atoms with E-state index >= 15 is 0 Å². The Morgan fingerprint density at radius 1 is 0.923 bits per heavy atom. The topological polar surface area (TPSA) is 71.3 Å². The number of aryl methyl sites for hydroxylation is 1. The van der Waals surface area contributed by atoms with Crippen molar-refractivity contribution < 1.29 is 14.0 Å². The Hall–Kier alpha value is -3.60. The number of amides is 2. The van der Waals surface area contributed by atoms with Gasteiger partial charge in [-0.15, -0.1) is 0 Å². The lowest BCUT2D eigenvalue weighted by atomic mass is 10.1. The van der Waals surface area contributed by atoms with E-state index in [9.17, 15) is 9.59 Å². The van der Waals surface area contributed by atoms with Crippen molar-refractivity contribution in [3.63, 3.8) is 0 Å². The molecule has 0 saturated carbocycles. The molecule has 130 valence electrons. The molecule has 0 saturated heterocycles. The summed E-state index contributed by atoms with van der Waals surface area (Å²) in [6, 6.07) is 17.8. The highest BCUT2D eigenvalue weighted by Crippen LogP contribution is 2.16. The second-order valence-corrected chi connectivity index (χ2v) is 5.68. The number of hydrogen-bond acceptors (Lipinski definition) is 3. The molecule has 0 aliphatic carbocycles. The van der Waals surface area contributed by atoms with Crippen LogP contribution in [0.15, 0.2) is 77.4 Å². The van der Waals surface area contributed by atoms with E-state index in [1.165, 1.54) is 12.3 Å². The molecule has 0 aliphatic heterocycles. The smallest absolute Gasteiger partial charge is 0.255 e. The van der Waals surface area contributed by atoms with Gasteiger partial charge in [0.05, 0.1) is 6.26 Å². The minimum Gasteiger partial charge on any atom is -0.465 e. The number of benzene rings is 2. The van der Waals surface area contributed by atoms with E-state index in [1.807, 2.05) is 31.2 Å². The van der Waals surface area contributed by atoms with Gasteiger partial charge in [0.1, 0.15) is 5.76 Å². The molecular formula is C21H18N2O3. The van der Waals surface area contributed by atoms with Gasteiger partial charge in [0.25, 0.3) is 5.91 Å². The standard InChI is InChI=1S/C21H18N2O3/c1-15-5-2-3-7-19(15)23-21(25)16-8-10-17(11-9-16)22-20(24)13-12-18-6-4-14-26-18/h2-14H,1H3,(H,22,24)(H,23,25). The number of rotatable bonds is 5. The summed E-state index contributed by atoms with van der Waals surface area (Å²) >= 11 is 0. The number of anilines is 2. The Morgan fingerprint density at radius 2 is 1.69 bits per heavy atom. The average Bonchev–Trinajstić information content (AvgIpc) is 3.16. The molecule has 2 N–H and O–H groups in total. The molecule has 26 heavy (non-hydrogen) atoms. The van der Waals surface area contributed by atoms with Crippen LogP contribution in [0.3, 0.4) is 0 Å². The minimum atomic E-state index is -0.279. The van der Waals surface area contributed by atoms with E-state index in [0.29, 0.717) is 17.0 Å². The van der Waals surface area contributed by atoms with Gasteiger partial charge in [0, 0.05) is 23.0 Å². The molecule has 0 spiro atoms. The third-order valence-electron chi connectivity index (χ3n) is 3.75. The van der Waals surface area contributed by atoms with Gasteiger partial charge >= 0.3 is 0 Å². The van der Waals surface area contributed by atoms with Crippen LogP contribution in [-0.2, 0) is 4.79 Å². The number of carbonyl (C=O) groups excluding carboxylic acids is 2. The summed E-state index contributed by atoms with van der Waals surface area (Å²) in [7, 11) is 0. The molecule has 5 heteroatoms. The summed E-state index contributed by atoms with van der Waals surface area (Å²) in [5.74, 6) is 0.122. The number of para-hydroxylation sites is 1. The Labute approximate surface area is 151 Å². The van der Waals surface area contributed by atoms with Crippen molar-refractivity contribution in [3.8, 4) is 0 Å². The first-order valence-corrected chi connectivity index (χ1v) is 8.11. The highest BCUT2D eigenvalue weighted by atomic mass is 16.3. The predicted molar refractivity (Wildman–Crippen MR) is 102 cm³/mol. The molecule has 1 heterocycles. The van der Waals surface area contributed by atoms with E-state index < -0.39 is 0 Å². The first kappa shape index (κ1) is 17.2. The van der Waals surface area contributed by atoms with Gasteiger partial charge in [-0.3, -0.25) is 9.59 Å². The van der Waals surface area contributed by atoms with Crippen LogP contribution in [0, 0.1) is 6.92 Å². The van der Waals surface area contributed by atoms with Crippen molar-refractivity contribution in [1.82, 2.24) is 0 Å². The van der Waals surface area contributed by atoms with Crippen LogP contribution in [0.25, 0.3) is 6.08 Å². The third-order valence-corrected chi connectivity index (χ3v) is 3.75. The van der Waals surface area contributed by atoms with Crippen LogP contribution in [0.4, 0.5) is 11.4 Å². The summed E-state index contributed by atoms with van der Waals surface area (Å²) in [6.45, 7) is 1.94. The second kappa shape index (κ2) is 7.98. The number of carbonyl (C=O) groups is 2. The molecular weight excluding hydrogens is 328 g/mol. The number of furan rings is 1. The lowest BCUT2D eigenvalue weighted by Gasteiger charge is -2.09. The number of hydrogen-bond donors (Lipinski definition) is 2. The molecule has 5 nitrogen and oxygen atoms in total. The van der Waals surface area contributed by atoms with Crippen molar-refractivity contribution >= 4 is 29.3 Å². The van der Waals surface area contributed by atoms with Crippen LogP contribution in [0.1, 0.15) is 21.7 Å². The van der Waals surface area contributed by atoms with Crippen LogP contribution < -0.4 is 10.6 Å². The second-order valence-electron chi connectivity index (χ2n) is 5.68. The molecule has 2 aromatic carbocycles. The molecule has 0 fully saturated rings. The van der Waals surface area contributed by atoms with Crippen molar-refractivity contribution in [2.24, 2.45) is 0 Å². The maximum atomic E-state index is 12.3. The van der Waals surface area contributed by atoms with Crippen LogP contribution in [0.2, 0.25) is 0 Å². The van der Waals surface area contributed by atoms with Gasteiger partial charge in [-0.05, 0) is 61.0 Å². The van der Waals surface area contributed by atoms with Crippen molar-refractivity contribution in [3.05, 3.63) is 89.9 Å². The van der Waals surface area contributed by atoms with Crippen molar-refractivity contribution in [1.29, 1.82) is 0 Å². The van der Waals surface area contributed by atoms with Crippen molar-refractivity contribution in [2.45, 2.75) is 6.92 Å². The van der Waals surface area contributed by atoms with Gasteiger partial charge < -0.3 is 15.1 Å². The van der Waals surface area contributed by atoms with Gasteiger partial charge in [0.2, 0.25) is 5.91 Å². The van der Waals surface area contributed by atoms with E-state index in [2.05, 4.69) is 10.6 Å². The summed E-state index contributed by atoms with van der Waals surface area (Å²) in [5.41, 5.74) is 2.88. The normalized spacial score (nSPS) is 10.7. The summed E-state index contributed by atoms with van der Waals surface area (Å²) in [5, 5.41) is 5.60. The molecule has 0 unspecified atom stereocenters. The first-order valence-electron chi connectivity index (χ1n) is 8.11. The quantitative estimate of drug-likeness (QED) is 0.669.